The van der Waals surface area contributed by atoms with E-state index in [4.69, 9.17) is 0 Å². The van der Waals surface area contributed by atoms with Gasteiger partial charge in [0, 0.05) is 8.95 Å². The van der Waals surface area contributed by atoms with E-state index in [1.807, 2.05) is 38.1 Å². The standard InChI is InChI=1S/C16H14Br2N2O2/c1-9-3-5-13(11(17)7-9)19-15(21)16(22)20-14-6-4-10(2)8-12(14)18/h3-8H,1-2H3,(H,19,21)(H,20,22). The normalized spacial score (nSPS) is 10.2. The van der Waals surface area contributed by atoms with Gasteiger partial charge < -0.3 is 10.6 Å². The predicted molar refractivity (Wildman–Crippen MR) is 95.0 cm³/mol. The van der Waals surface area contributed by atoms with Gasteiger partial charge in [0.05, 0.1) is 11.4 Å². The minimum absolute atomic E-state index is 0.550. The zero-order valence-corrected chi connectivity index (χ0v) is 15.2. The molecule has 2 amide bonds. The van der Waals surface area contributed by atoms with E-state index in [0.717, 1.165) is 20.1 Å². The van der Waals surface area contributed by atoms with Crippen molar-refractivity contribution in [2.24, 2.45) is 0 Å². The maximum atomic E-state index is 12.0. The van der Waals surface area contributed by atoms with Crippen molar-refractivity contribution in [3.8, 4) is 0 Å². The summed E-state index contributed by atoms with van der Waals surface area (Å²) < 4.78 is 1.45. The lowest BCUT2D eigenvalue weighted by atomic mass is 10.2. The first-order valence-corrected chi connectivity index (χ1v) is 8.10. The number of anilines is 2. The van der Waals surface area contributed by atoms with Crippen LogP contribution in [0.2, 0.25) is 0 Å². The van der Waals surface area contributed by atoms with Crippen LogP contribution in [0.1, 0.15) is 11.1 Å². The van der Waals surface area contributed by atoms with Crippen LogP contribution in [0.4, 0.5) is 11.4 Å². The Morgan fingerprint density at radius 3 is 1.45 bits per heavy atom. The smallest absolute Gasteiger partial charge is 0.314 e. The molecule has 2 rings (SSSR count). The summed E-state index contributed by atoms with van der Waals surface area (Å²) in [6.45, 7) is 3.88. The quantitative estimate of drug-likeness (QED) is 0.700. The number of carbonyl (C=O) groups excluding carboxylic acids is 2. The molecule has 0 fully saturated rings. The summed E-state index contributed by atoms with van der Waals surface area (Å²) >= 11 is 6.71. The van der Waals surface area contributed by atoms with Crippen LogP contribution >= 0.6 is 31.9 Å². The van der Waals surface area contributed by atoms with Crippen LogP contribution in [0.3, 0.4) is 0 Å². The SMILES string of the molecule is Cc1ccc(NC(=O)C(=O)Nc2ccc(C)cc2Br)c(Br)c1. The highest BCUT2D eigenvalue weighted by Crippen LogP contribution is 2.25. The number of benzene rings is 2. The monoisotopic (exact) mass is 424 g/mol. The Bertz CT molecular complexity index is 681. The first-order chi connectivity index (χ1) is 10.4. The molecule has 0 aliphatic heterocycles. The van der Waals surface area contributed by atoms with Gasteiger partial charge in [0.1, 0.15) is 0 Å². The summed E-state index contributed by atoms with van der Waals surface area (Å²) in [6.07, 6.45) is 0. The number of hydrogen-bond acceptors (Lipinski definition) is 2. The molecule has 0 unspecified atom stereocenters. The second kappa shape index (κ2) is 7.07. The Morgan fingerprint density at radius 2 is 1.14 bits per heavy atom. The lowest BCUT2D eigenvalue weighted by Crippen LogP contribution is -2.29. The van der Waals surface area contributed by atoms with Gasteiger partial charge in [0.15, 0.2) is 0 Å². The molecule has 0 aliphatic rings. The molecule has 0 spiro atoms. The van der Waals surface area contributed by atoms with Gasteiger partial charge in [-0.05, 0) is 81.1 Å². The third-order valence-corrected chi connectivity index (χ3v) is 4.26. The molecular weight excluding hydrogens is 412 g/mol. The third-order valence-electron chi connectivity index (χ3n) is 2.95. The maximum absolute atomic E-state index is 12.0. The highest BCUT2D eigenvalue weighted by Gasteiger charge is 2.16. The summed E-state index contributed by atoms with van der Waals surface area (Å²) in [6, 6.07) is 10.9. The molecule has 0 bridgehead atoms. The van der Waals surface area contributed by atoms with Crippen LogP contribution in [-0.2, 0) is 9.59 Å². The second-order valence-electron chi connectivity index (χ2n) is 4.87. The van der Waals surface area contributed by atoms with Crippen LogP contribution in [0.25, 0.3) is 0 Å². The maximum Gasteiger partial charge on any atom is 0.314 e. The number of hydrogen-bond donors (Lipinski definition) is 2. The molecule has 2 N–H and O–H groups in total. The van der Waals surface area contributed by atoms with E-state index in [1.165, 1.54) is 0 Å². The van der Waals surface area contributed by atoms with Crippen molar-refractivity contribution in [3.63, 3.8) is 0 Å². The van der Waals surface area contributed by atoms with E-state index in [2.05, 4.69) is 42.5 Å². The molecule has 22 heavy (non-hydrogen) atoms. The molecule has 6 heteroatoms. The molecular formula is C16H14Br2N2O2. The van der Waals surface area contributed by atoms with Gasteiger partial charge in [-0.2, -0.15) is 0 Å². The first kappa shape index (κ1) is 16.7. The molecule has 0 saturated carbocycles. The molecule has 0 atom stereocenters. The van der Waals surface area contributed by atoms with Gasteiger partial charge in [-0.3, -0.25) is 9.59 Å². The molecule has 0 heterocycles. The Morgan fingerprint density at radius 1 is 0.773 bits per heavy atom. The van der Waals surface area contributed by atoms with Crippen molar-refractivity contribution in [1.29, 1.82) is 0 Å². The zero-order valence-electron chi connectivity index (χ0n) is 12.0. The summed E-state index contributed by atoms with van der Waals surface area (Å²) in [5.74, 6) is -1.45. The molecule has 114 valence electrons. The van der Waals surface area contributed by atoms with Crippen LogP contribution in [0.15, 0.2) is 45.3 Å². The predicted octanol–water partition coefficient (Wildman–Crippen LogP) is 4.41. The molecule has 0 saturated heterocycles. The van der Waals surface area contributed by atoms with Gasteiger partial charge in [-0.15, -0.1) is 0 Å². The Hall–Kier alpha value is -1.66. The van der Waals surface area contributed by atoms with Crippen molar-refractivity contribution < 1.29 is 9.59 Å². The third kappa shape index (κ3) is 4.18. The van der Waals surface area contributed by atoms with Crippen molar-refractivity contribution >= 4 is 55.0 Å². The highest BCUT2D eigenvalue weighted by molar-refractivity contribution is 9.11. The van der Waals surface area contributed by atoms with E-state index >= 15 is 0 Å². The van der Waals surface area contributed by atoms with Gasteiger partial charge in [0.2, 0.25) is 0 Å². The van der Waals surface area contributed by atoms with Gasteiger partial charge in [-0.1, -0.05) is 12.1 Å². The molecule has 0 aliphatic carbocycles. The van der Waals surface area contributed by atoms with Crippen molar-refractivity contribution in [1.82, 2.24) is 0 Å². The molecule has 2 aromatic rings. The fraction of sp³-hybridized carbons (Fsp3) is 0.125. The number of rotatable bonds is 2. The Balaban J connectivity index is 2.07. The number of amides is 2. The average molecular weight is 426 g/mol. The second-order valence-corrected chi connectivity index (χ2v) is 6.58. The van der Waals surface area contributed by atoms with Crippen LogP contribution in [-0.4, -0.2) is 11.8 Å². The van der Waals surface area contributed by atoms with Crippen molar-refractivity contribution in [2.45, 2.75) is 13.8 Å². The minimum atomic E-state index is -0.725. The van der Waals surface area contributed by atoms with Crippen LogP contribution < -0.4 is 10.6 Å². The highest BCUT2D eigenvalue weighted by atomic mass is 79.9. The van der Waals surface area contributed by atoms with E-state index in [0.29, 0.717) is 11.4 Å². The van der Waals surface area contributed by atoms with E-state index in [9.17, 15) is 9.59 Å². The van der Waals surface area contributed by atoms with Gasteiger partial charge in [0.25, 0.3) is 0 Å². The Kier molecular flexibility index (Phi) is 5.37. The first-order valence-electron chi connectivity index (χ1n) is 6.51. The fourth-order valence-electron chi connectivity index (χ4n) is 1.80. The molecule has 0 aromatic heterocycles. The lowest BCUT2D eigenvalue weighted by Gasteiger charge is -2.10. The number of carbonyl (C=O) groups is 2. The van der Waals surface area contributed by atoms with Crippen LogP contribution in [0, 0.1) is 13.8 Å². The molecule has 2 aromatic carbocycles. The summed E-state index contributed by atoms with van der Waals surface area (Å²) in [5, 5.41) is 5.15. The van der Waals surface area contributed by atoms with Gasteiger partial charge >= 0.3 is 11.8 Å². The minimum Gasteiger partial charge on any atom is -0.317 e. The number of halogens is 2. The Labute approximate surface area is 145 Å². The zero-order chi connectivity index (χ0) is 16.3. The summed E-state index contributed by atoms with van der Waals surface area (Å²) in [7, 11) is 0. The topological polar surface area (TPSA) is 58.2 Å². The van der Waals surface area contributed by atoms with Crippen LogP contribution in [0.5, 0.6) is 0 Å². The lowest BCUT2D eigenvalue weighted by molar-refractivity contribution is -0.133. The summed E-state index contributed by atoms with van der Waals surface area (Å²) in [4.78, 5) is 23.9. The van der Waals surface area contributed by atoms with E-state index in [-0.39, 0.29) is 0 Å². The van der Waals surface area contributed by atoms with E-state index < -0.39 is 11.8 Å². The largest absolute Gasteiger partial charge is 0.317 e. The van der Waals surface area contributed by atoms with E-state index in [1.54, 1.807) is 12.1 Å². The number of nitrogens with one attached hydrogen (secondary N) is 2. The molecule has 0 radical (unpaired) electrons. The molecule has 4 nitrogen and oxygen atoms in total. The average Bonchev–Trinajstić information content (AvgIpc) is 2.44. The van der Waals surface area contributed by atoms with Gasteiger partial charge in [-0.25, -0.2) is 0 Å². The van der Waals surface area contributed by atoms with Crippen molar-refractivity contribution in [2.75, 3.05) is 10.6 Å². The summed E-state index contributed by atoms with van der Waals surface area (Å²) in [5.41, 5.74) is 3.21. The number of aryl methyl sites for hydroxylation is 2. The van der Waals surface area contributed by atoms with Crippen molar-refractivity contribution in [3.05, 3.63) is 56.5 Å². The fourth-order valence-corrected chi connectivity index (χ4v) is 2.99.